The molecular formula is C14H20FNO. The Labute approximate surface area is 102 Å². The van der Waals surface area contributed by atoms with E-state index in [0.29, 0.717) is 12.5 Å². The van der Waals surface area contributed by atoms with Crippen LogP contribution in [0.25, 0.3) is 0 Å². The third-order valence-electron chi connectivity index (χ3n) is 3.46. The molecule has 0 saturated heterocycles. The summed E-state index contributed by atoms with van der Waals surface area (Å²) in [4.78, 5) is 0. The fourth-order valence-corrected chi connectivity index (χ4v) is 2.41. The van der Waals surface area contributed by atoms with Crippen molar-refractivity contribution in [1.82, 2.24) is 5.32 Å². The summed E-state index contributed by atoms with van der Waals surface area (Å²) < 4.78 is 12.7. The fourth-order valence-electron chi connectivity index (χ4n) is 2.41. The van der Waals surface area contributed by atoms with Gasteiger partial charge < -0.3 is 10.4 Å². The topological polar surface area (TPSA) is 32.3 Å². The van der Waals surface area contributed by atoms with Gasteiger partial charge in [0.15, 0.2) is 0 Å². The van der Waals surface area contributed by atoms with Gasteiger partial charge >= 0.3 is 0 Å². The summed E-state index contributed by atoms with van der Waals surface area (Å²) in [6.07, 6.45) is 5.34. The maximum atomic E-state index is 12.7. The highest BCUT2D eigenvalue weighted by Crippen LogP contribution is 2.19. The van der Waals surface area contributed by atoms with Gasteiger partial charge in [-0.15, -0.1) is 0 Å². The molecule has 1 unspecified atom stereocenters. The van der Waals surface area contributed by atoms with Crippen molar-refractivity contribution in [2.45, 2.75) is 44.2 Å². The molecule has 1 aliphatic carbocycles. The lowest BCUT2D eigenvalue weighted by atomic mass is 10.1. The number of halogens is 1. The number of aliphatic hydroxyl groups excluding tert-OH is 1. The summed E-state index contributed by atoms with van der Waals surface area (Å²) in [5.41, 5.74) is 0.791. The van der Waals surface area contributed by atoms with Gasteiger partial charge in [-0.1, -0.05) is 25.0 Å². The Hall–Kier alpha value is -0.930. The third-order valence-corrected chi connectivity index (χ3v) is 3.46. The minimum atomic E-state index is -0.496. The predicted molar refractivity (Wildman–Crippen MR) is 66.2 cm³/mol. The zero-order chi connectivity index (χ0) is 12.1. The van der Waals surface area contributed by atoms with Crippen molar-refractivity contribution in [3.05, 3.63) is 35.6 Å². The fraction of sp³-hybridized carbons (Fsp3) is 0.571. The Kier molecular flexibility index (Phi) is 4.51. The van der Waals surface area contributed by atoms with Crippen LogP contribution < -0.4 is 5.32 Å². The Morgan fingerprint density at radius 2 is 1.88 bits per heavy atom. The number of nitrogens with one attached hydrogen (secondary N) is 1. The van der Waals surface area contributed by atoms with Crippen LogP contribution in [0.4, 0.5) is 4.39 Å². The van der Waals surface area contributed by atoms with Gasteiger partial charge in [-0.05, 0) is 43.5 Å². The highest BCUT2D eigenvalue weighted by Gasteiger charge is 2.14. The van der Waals surface area contributed by atoms with Crippen LogP contribution in [0.3, 0.4) is 0 Å². The van der Waals surface area contributed by atoms with Crippen molar-refractivity contribution in [2.75, 3.05) is 6.54 Å². The highest BCUT2D eigenvalue weighted by molar-refractivity contribution is 5.18. The SMILES string of the molecule is OC(CCNC1CCCC1)c1ccc(F)cc1. The molecule has 1 aliphatic rings. The molecular weight excluding hydrogens is 217 g/mol. The third kappa shape index (κ3) is 3.79. The van der Waals surface area contributed by atoms with Gasteiger partial charge in [-0.3, -0.25) is 0 Å². The van der Waals surface area contributed by atoms with E-state index in [4.69, 9.17) is 0 Å². The molecule has 2 N–H and O–H groups in total. The Balaban J connectivity index is 1.72. The highest BCUT2D eigenvalue weighted by atomic mass is 19.1. The van der Waals surface area contributed by atoms with E-state index in [-0.39, 0.29) is 5.82 Å². The van der Waals surface area contributed by atoms with Crippen molar-refractivity contribution in [3.8, 4) is 0 Å². The van der Waals surface area contributed by atoms with E-state index in [0.717, 1.165) is 12.1 Å². The molecule has 94 valence electrons. The van der Waals surface area contributed by atoms with Gasteiger partial charge in [-0.25, -0.2) is 4.39 Å². The van der Waals surface area contributed by atoms with Crippen LogP contribution in [0, 0.1) is 5.82 Å². The Morgan fingerprint density at radius 1 is 1.24 bits per heavy atom. The van der Waals surface area contributed by atoms with Gasteiger partial charge in [-0.2, -0.15) is 0 Å². The van der Waals surface area contributed by atoms with Gasteiger partial charge in [0.1, 0.15) is 5.82 Å². The van der Waals surface area contributed by atoms with Crippen molar-refractivity contribution in [3.63, 3.8) is 0 Å². The van der Waals surface area contributed by atoms with Crippen molar-refractivity contribution in [1.29, 1.82) is 0 Å². The van der Waals surface area contributed by atoms with Crippen molar-refractivity contribution >= 4 is 0 Å². The maximum Gasteiger partial charge on any atom is 0.123 e. The van der Waals surface area contributed by atoms with Crippen LogP contribution in [0.15, 0.2) is 24.3 Å². The van der Waals surface area contributed by atoms with Crippen molar-refractivity contribution < 1.29 is 9.50 Å². The number of hydrogen-bond donors (Lipinski definition) is 2. The smallest absolute Gasteiger partial charge is 0.123 e. The van der Waals surface area contributed by atoms with Crippen LogP contribution in [-0.2, 0) is 0 Å². The molecule has 1 aromatic rings. The second kappa shape index (κ2) is 6.12. The van der Waals surface area contributed by atoms with Crippen LogP contribution in [0.1, 0.15) is 43.8 Å². The summed E-state index contributed by atoms with van der Waals surface area (Å²) in [5, 5.41) is 13.4. The van der Waals surface area contributed by atoms with Crippen LogP contribution in [0.2, 0.25) is 0 Å². The van der Waals surface area contributed by atoms with Crippen LogP contribution in [0.5, 0.6) is 0 Å². The zero-order valence-electron chi connectivity index (χ0n) is 10.0. The Morgan fingerprint density at radius 3 is 2.53 bits per heavy atom. The van der Waals surface area contributed by atoms with E-state index in [2.05, 4.69) is 5.32 Å². The van der Waals surface area contributed by atoms with E-state index in [1.807, 2.05) is 0 Å². The number of hydrogen-bond acceptors (Lipinski definition) is 2. The molecule has 2 nitrogen and oxygen atoms in total. The maximum absolute atomic E-state index is 12.7. The van der Waals surface area contributed by atoms with Crippen LogP contribution in [-0.4, -0.2) is 17.7 Å². The lowest BCUT2D eigenvalue weighted by Gasteiger charge is -2.15. The molecule has 0 amide bonds. The second-order valence-electron chi connectivity index (χ2n) is 4.79. The molecule has 0 bridgehead atoms. The molecule has 1 fully saturated rings. The van der Waals surface area contributed by atoms with Gasteiger partial charge in [0.2, 0.25) is 0 Å². The normalized spacial score (nSPS) is 18.5. The average Bonchev–Trinajstić information content (AvgIpc) is 2.83. The number of rotatable bonds is 5. The molecule has 0 aromatic heterocycles. The minimum Gasteiger partial charge on any atom is -0.388 e. The molecule has 2 rings (SSSR count). The quantitative estimate of drug-likeness (QED) is 0.825. The summed E-state index contributed by atoms with van der Waals surface area (Å²) >= 11 is 0. The predicted octanol–water partition coefficient (Wildman–Crippen LogP) is 2.78. The first-order chi connectivity index (χ1) is 8.25. The van der Waals surface area contributed by atoms with Crippen molar-refractivity contribution in [2.24, 2.45) is 0 Å². The molecule has 1 atom stereocenters. The monoisotopic (exact) mass is 237 g/mol. The molecule has 0 spiro atoms. The van der Waals surface area contributed by atoms with E-state index >= 15 is 0 Å². The average molecular weight is 237 g/mol. The first-order valence-corrected chi connectivity index (χ1v) is 6.42. The van der Waals surface area contributed by atoms with Gasteiger partial charge in [0, 0.05) is 6.04 Å². The molecule has 3 heteroatoms. The first-order valence-electron chi connectivity index (χ1n) is 6.42. The molecule has 1 aromatic carbocycles. The van der Waals surface area contributed by atoms with E-state index in [1.165, 1.54) is 37.8 Å². The van der Waals surface area contributed by atoms with Gasteiger partial charge in [0.05, 0.1) is 6.10 Å². The summed E-state index contributed by atoms with van der Waals surface area (Å²) in [6.45, 7) is 0.823. The summed E-state index contributed by atoms with van der Waals surface area (Å²) in [5.74, 6) is -0.259. The summed E-state index contributed by atoms with van der Waals surface area (Å²) in [7, 11) is 0. The lowest BCUT2D eigenvalue weighted by molar-refractivity contribution is 0.165. The number of benzene rings is 1. The lowest BCUT2D eigenvalue weighted by Crippen LogP contribution is -2.27. The molecule has 0 heterocycles. The standard InChI is InChI=1S/C14H20FNO/c15-12-7-5-11(6-8-12)14(17)9-10-16-13-3-1-2-4-13/h5-8,13-14,16-17H,1-4,9-10H2. The van der Waals surface area contributed by atoms with E-state index < -0.39 is 6.10 Å². The first kappa shape index (κ1) is 12.5. The summed E-state index contributed by atoms with van der Waals surface area (Å²) in [6, 6.07) is 6.72. The van der Waals surface area contributed by atoms with Crippen LogP contribution >= 0.6 is 0 Å². The van der Waals surface area contributed by atoms with E-state index in [1.54, 1.807) is 12.1 Å². The Bertz CT molecular complexity index is 333. The molecule has 0 aliphatic heterocycles. The van der Waals surface area contributed by atoms with E-state index in [9.17, 15) is 9.50 Å². The number of aliphatic hydroxyl groups is 1. The van der Waals surface area contributed by atoms with Gasteiger partial charge in [0.25, 0.3) is 0 Å². The molecule has 1 saturated carbocycles. The second-order valence-corrected chi connectivity index (χ2v) is 4.79. The molecule has 17 heavy (non-hydrogen) atoms. The zero-order valence-corrected chi connectivity index (χ0v) is 10.0. The largest absolute Gasteiger partial charge is 0.388 e. The molecule has 0 radical (unpaired) electrons. The minimum absolute atomic E-state index is 0.259.